The van der Waals surface area contributed by atoms with Gasteiger partial charge >= 0.3 is 0 Å². The summed E-state index contributed by atoms with van der Waals surface area (Å²) in [5.74, 6) is 1.79. The van der Waals surface area contributed by atoms with Gasteiger partial charge in [-0.25, -0.2) is 0 Å². The van der Waals surface area contributed by atoms with Crippen molar-refractivity contribution in [2.45, 2.75) is 26.1 Å². The molecule has 3 rings (SSSR count). The predicted octanol–water partition coefficient (Wildman–Crippen LogP) is 2.12. The maximum atomic E-state index is 5.32. The zero-order chi connectivity index (χ0) is 16.1. The monoisotopic (exact) mass is 313 g/mol. The van der Waals surface area contributed by atoms with Gasteiger partial charge in [0.1, 0.15) is 5.75 Å². The lowest BCUT2D eigenvalue weighted by Gasteiger charge is -2.11. The second-order valence-corrected chi connectivity index (χ2v) is 5.22. The fraction of sp³-hybridized carbons (Fsp3) is 0.312. The van der Waals surface area contributed by atoms with Crippen LogP contribution in [0.5, 0.6) is 5.75 Å². The van der Waals surface area contributed by atoms with Crippen LogP contribution in [0, 0.1) is 0 Å². The Kier molecular flexibility index (Phi) is 4.68. The minimum Gasteiger partial charge on any atom is -0.496 e. The van der Waals surface area contributed by atoms with E-state index in [4.69, 9.17) is 9.26 Å². The molecule has 0 aliphatic rings. The topological polar surface area (TPSA) is 78.0 Å². The van der Waals surface area contributed by atoms with Gasteiger partial charge in [0.2, 0.25) is 11.7 Å². The van der Waals surface area contributed by atoms with Crippen molar-refractivity contribution in [3.63, 3.8) is 0 Å². The van der Waals surface area contributed by atoms with Crippen LogP contribution in [0.25, 0.3) is 11.4 Å². The summed E-state index contributed by atoms with van der Waals surface area (Å²) in [4.78, 5) is 4.42. The number of hydrogen-bond acceptors (Lipinski definition) is 6. The third kappa shape index (κ3) is 3.75. The van der Waals surface area contributed by atoms with Gasteiger partial charge in [-0.05, 0) is 25.1 Å². The minimum absolute atomic E-state index is 0.233. The summed E-state index contributed by atoms with van der Waals surface area (Å²) in [7, 11) is 1.62. The molecule has 0 unspecified atom stereocenters. The van der Waals surface area contributed by atoms with Gasteiger partial charge in [0.15, 0.2) is 0 Å². The molecule has 0 bridgehead atoms. The van der Waals surface area contributed by atoms with Crippen LogP contribution in [-0.2, 0) is 13.1 Å². The number of nitrogens with zero attached hydrogens (tertiary/aromatic N) is 4. The van der Waals surface area contributed by atoms with Crippen molar-refractivity contribution in [3.05, 3.63) is 48.6 Å². The van der Waals surface area contributed by atoms with Gasteiger partial charge in [-0.1, -0.05) is 17.3 Å². The van der Waals surface area contributed by atoms with Gasteiger partial charge in [0.25, 0.3) is 0 Å². The first-order valence-electron chi connectivity index (χ1n) is 7.43. The molecule has 0 saturated carbocycles. The van der Waals surface area contributed by atoms with Crippen LogP contribution in [0.15, 0.2) is 47.2 Å². The molecule has 1 aromatic carbocycles. The van der Waals surface area contributed by atoms with Crippen molar-refractivity contribution in [1.29, 1.82) is 0 Å². The quantitative estimate of drug-likeness (QED) is 0.720. The van der Waals surface area contributed by atoms with E-state index in [0.29, 0.717) is 18.3 Å². The lowest BCUT2D eigenvalue weighted by molar-refractivity contribution is 0.350. The van der Waals surface area contributed by atoms with E-state index in [1.807, 2.05) is 41.2 Å². The molecule has 2 aromatic heterocycles. The Morgan fingerprint density at radius 3 is 2.96 bits per heavy atom. The van der Waals surface area contributed by atoms with Crippen LogP contribution in [0.4, 0.5) is 0 Å². The molecule has 3 aromatic rings. The smallest absolute Gasteiger partial charge is 0.240 e. The van der Waals surface area contributed by atoms with Crippen LogP contribution in [0.1, 0.15) is 12.8 Å². The second-order valence-electron chi connectivity index (χ2n) is 5.22. The summed E-state index contributed by atoms with van der Waals surface area (Å²) in [6.07, 6.45) is 3.70. The zero-order valence-electron chi connectivity index (χ0n) is 13.1. The molecule has 120 valence electrons. The molecule has 0 radical (unpaired) electrons. The average Bonchev–Trinajstić information content (AvgIpc) is 3.24. The maximum Gasteiger partial charge on any atom is 0.240 e. The minimum atomic E-state index is 0.233. The third-order valence-electron chi connectivity index (χ3n) is 3.44. The Morgan fingerprint density at radius 1 is 1.30 bits per heavy atom. The number of rotatable bonds is 7. The van der Waals surface area contributed by atoms with Crippen LogP contribution < -0.4 is 10.1 Å². The number of ether oxygens (including phenoxy) is 1. The largest absolute Gasteiger partial charge is 0.496 e. The normalized spacial score (nSPS) is 12.3. The molecular weight excluding hydrogens is 294 g/mol. The van der Waals surface area contributed by atoms with Crippen molar-refractivity contribution in [2.24, 2.45) is 0 Å². The van der Waals surface area contributed by atoms with Gasteiger partial charge in [-0.2, -0.15) is 10.1 Å². The van der Waals surface area contributed by atoms with E-state index in [1.54, 1.807) is 13.3 Å². The van der Waals surface area contributed by atoms with Crippen LogP contribution in [0.3, 0.4) is 0 Å². The molecule has 0 spiro atoms. The van der Waals surface area contributed by atoms with Gasteiger partial charge in [-0.3, -0.25) is 4.68 Å². The zero-order valence-corrected chi connectivity index (χ0v) is 13.1. The lowest BCUT2D eigenvalue weighted by atomic mass is 10.2. The number of hydrogen-bond donors (Lipinski definition) is 1. The van der Waals surface area contributed by atoms with Gasteiger partial charge in [0.05, 0.1) is 25.8 Å². The van der Waals surface area contributed by atoms with E-state index in [2.05, 4.69) is 27.5 Å². The molecule has 7 nitrogen and oxygen atoms in total. The van der Waals surface area contributed by atoms with E-state index in [1.165, 1.54) is 0 Å². The molecule has 0 aliphatic heterocycles. The standard InChI is InChI=1S/C16H19N5O2/c1-12(11-21-9-5-8-18-21)17-10-15-19-16(20-23-15)13-6-3-4-7-14(13)22-2/h3-9,12,17H,10-11H2,1-2H3/t12-/m1/s1. The summed E-state index contributed by atoms with van der Waals surface area (Å²) >= 11 is 0. The highest BCUT2D eigenvalue weighted by atomic mass is 16.5. The first-order valence-corrected chi connectivity index (χ1v) is 7.43. The van der Waals surface area contributed by atoms with Crippen molar-refractivity contribution < 1.29 is 9.26 Å². The van der Waals surface area contributed by atoms with Gasteiger partial charge in [0, 0.05) is 18.4 Å². The molecule has 0 amide bonds. The van der Waals surface area contributed by atoms with Crippen molar-refractivity contribution in [2.75, 3.05) is 7.11 Å². The molecule has 1 atom stereocenters. The van der Waals surface area contributed by atoms with E-state index in [9.17, 15) is 0 Å². The second kappa shape index (κ2) is 7.06. The molecule has 0 aliphatic carbocycles. The van der Waals surface area contributed by atoms with Crippen LogP contribution in [-0.4, -0.2) is 33.1 Å². The molecule has 0 fully saturated rings. The SMILES string of the molecule is COc1ccccc1-c1noc(CN[C@H](C)Cn2cccn2)n1. The van der Waals surface area contributed by atoms with Crippen LogP contribution >= 0.6 is 0 Å². The highest BCUT2D eigenvalue weighted by Gasteiger charge is 2.13. The molecule has 1 N–H and O–H groups in total. The van der Waals surface area contributed by atoms with E-state index in [-0.39, 0.29) is 6.04 Å². The predicted molar refractivity (Wildman–Crippen MR) is 84.8 cm³/mol. The highest BCUT2D eigenvalue weighted by molar-refractivity contribution is 5.63. The Labute approximate surface area is 134 Å². The number of methoxy groups -OCH3 is 1. The van der Waals surface area contributed by atoms with E-state index in [0.717, 1.165) is 17.9 Å². The van der Waals surface area contributed by atoms with Crippen LogP contribution in [0.2, 0.25) is 0 Å². The fourth-order valence-corrected chi connectivity index (χ4v) is 2.28. The average molecular weight is 313 g/mol. The Hall–Kier alpha value is -2.67. The molecular formula is C16H19N5O2. The first kappa shape index (κ1) is 15.2. The van der Waals surface area contributed by atoms with Crippen molar-refractivity contribution >= 4 is 0 Å². The molecule has 23 heavy (non-hydrogen) atoms. The number of aromatic nitrogens is 4. The summed E-state index contributed by atoms with van der Waals surface area (Å²) < 4.78 is 12.5. The van der Waals surface area contributed by atoms with E-state index >= 15 is 0 Å². The number of para-hydroxylation sites is 1. The highest BCUT2D eigenvalue weighted by Crippen LogP contribution is 2.26. The van der Waals surface area contributed by atoms with E-state index < -0.39 is 0 Å². The lowest BCUT2D eigenvalue weighted by Crippen LogP contribution is -2.30. The first-order chi connectivity index (χ1) is 11.3. The third-order valence-corrected chi connectivity index (χ3v) is 3.44. The van der Waals surface area contributed by atoms with Gasteiger partial charge in [-0.15, -0.1) is 0 Å². The summed E-state index contributed by atoms with van der Waals surface area (Å²) in [6.45, 7) is 3.37. The van der Waals surface area contributed by atoms with Crippen molar-refractivity contribution in [1.82, 2.24) is 25.2 Å². The Balaban J connectivity index is 1.61. The summed E-state index contributed by atoms with van der Waals surface area (Å²) in [6, 6.07) is 9.73. The Bertz CT molecular complexity index is 739. The van der Waals surface area contributed by atoms with Gasteiger partial charge < -0.3 is 14.6 Å². The fourth-order valence-electron chi connectivity index (χ4n) is 2.28. The molecule has 7 heteroatoms. The summed E-state index contributed by atoms with van der Waals surface area (Å²) in [5.41, 5.74) is 0.814. The number of benzene rings is 1. The molecule has 0 saturated heterocycles. The molecule has 2 heterocycles. The van der Waals surface area contributed by atoms with Crippen molar-refractivity contribution in [3.8, 4) is 17.1 Å². The summed E-state index contributed by atoms with van der Waals surface area (Å²) in [5, 5.41) is 11.6. The maximum absolute atomic E-state index is 5.32. The number of nitrogens with one attached hydrogen (secondary N) is 1. The Morgan fingerprint density at radius 2 is 2.17 bits per heavy atom.